The van der Waals surface area contributed by atoms with Crippen LogP contribution in [0.3, 0.4) is 0 Å². The lowest BCUT2D eigenvalue weighted by Gasteiger charge is -2.15. The van der Waals surface area contributed by atoms with Crippen molar-refractivity contribution in [2.75, 3.05) is 31.3 Å². The van der Waals surface area contributed by atoms with Gasteiger partial charge >= 0.3 is 5.97 Å². The molecule has 1 aliphatic rings. The van der Waals surface area contributed by atoms with Gasteiger partial charge in [-0.15, -0.1) is 11.8 Å². The minimum absolute atomic E-state index is 0.141. The quantitative estimate of drug-likeness (QED) is 0.532. The Kier molecular flexibility index (Phi) is 6.94. The first kappa shape index (κ1) is 21.4. The van der Waals surface area contributed by atoms with Crippen molar-refractivity contribution in [3.63, 3.8) is 0 Å². The number of amides is 1. The SMILES string of the molecule is CSc1cccc(NC(=O)COC(=O)c2ccc(S(=O)(=O)N3CCCC3)cc2)c1. The van der Waals surface area contributed by atoms with Gasteiger partial charge in [-0.3, -0.25) is 4.79 Å². The highest BCUT2D eigenvalue weighted by Gasteiger charge is 2.27. The summed E-state index contributed by atoms with van der Waals surface area (Å²) >= 11 is 1.55. The van der Waals surface area contributed by atoms with E-state index in [4.69, 9.17) is 4.74 Å². The van der Waals surface area contributed by atoms with Crippen LogP contribution in [0.2, 0.25) is 0 Å². The largest absolute Gasteiger partial charge is 0.452 e. The molecule has 0 radical (unpaired) electrons. The van der Waals surface area contributed by atoms with Crippen LogP contribution < -0.4 is 5.32 Å². The van der Waals surface area contributed by atoms with E-state index >= 15 is 0 Å². The maximum Gasteiger partial charge on any atom is 0.338 e. The van der Waals surface area contributed by atoms with Gasteiger partial charge in [0.15, 0.2) is 6.61 Å². The highest BCUT2D eigenvalue weighted by molar-refractivity contribution is 7.98. The molecule has 0 saturated carbocycles. The van der Waals surface area contributed by atoms with E-state index in [0.717, 1.165) is 17.7 Å². The van der Waals surface area contributed by atoms with Gasteiger partial charge in [0.1, 0.15) is 0 Å². The maximum atomic E-state index is 12.5. The zero-order chi connectivity index (χ0) is 20.9. The van der Waals surface area contributed by atoms with E-state index in [1.54, 1.807) is 17.8 Å². The number of anilines is 1. The van der Waals surface area contributed by atoms with Crippen molar-refractivity contribution >= 4 is 39.3 Å². The Hall–Kier alpha value is -2.36. The Morgan fingerprint density at radius 3 is 2.45 bits per heavy atom. The smallest absolute Gasteiger partial charge is 0.338 e. The molecule has 1 N–H and O–H groups in total. The first-order chi connectivity index (χ1) is 13.9. The van der Waals surface area contributed by atoms with Gasteiger partial charge in [0.05, 0.1) is 10.5 Å². The molecule has 1 saturated heterocycles. The fourth-order valence-corrected chi connectivity index (χ4v) is 4.93. The van der Waals surface area contributed by atoms with Crippen molar-refractivity contribution in [3.8, 4) is 0 Å². The van der Waals surface area contributed by atoms with E-state index < -0.39 is 28.5 Å². The van der Waals surface area contributed by atoms with E-state index in [-0.39, 0.29) is 10.5 Å². The molecule has 1 heterocycles. The number of carbonyl (C=O) groups is 2. The van der Waals surface area contributed by atoms with Crippen LogP contribution in [0.25, 0.3) is 0 Å². The van der Waals surface area contributed by atoms with Crippen LogP contribution in [0.5, 0.6) is 0 Å². The molecule has 0 atom stereocenters. The molecule has 154 valence electrons. The Morgan fingerprint density at radius 2 is 1.79 bits per heavy atom. The van der Waals surface area contributed by atoms with Gasteiger partial charge in [-0.05, 0) is 61.6 Å². The minimum Gasteiger partial charge on any atom is -0.452 e. The summed E-state index contributed by atoms with van der Waals surface area (Å²) in [6.07, 6.45) is 3.64. The monoisotopic (exact) mass is 434 g/mol. The number of esters is 1. The van der Waals surface area contributed by atoms with E-state index in [0.29, 0.717) is 18.8 Å². The van der Waals surface area contributed by atoms with Crippen molar-refractivity contribution in [3.05, 3.63) is 54.1 Å². The second-order valence-corrected chi connectivity index (χ2v) is 9.31. The normalized spacial score (nSPS) is 14.5. The Bertz CT molecular complexity index is 984. The molecule has 29 heavy (non-hydrogen) atoms. The number of hydrogen-bond acceptors (Lipinski definition) is 6. The molecule has 1 fully saturated rings. The van der Waals surface area contributed by atoms with Gasteiger partial charge in [-0.1, -0.05) is 6.07 Å². The van der Waals surface area contributed by atoms with E-state index in [1.807, 2.05) is 24.5 Å². The molecule has 0 spiro atoms. The summed E-state index contributed by atoms with van der Waals surface area (Å²) in [5.41, 5.74) is 0.803. The lowest BCUT2D eigenvalue weighted by molar-refractivity contribution is -0.119. The van der Waals surface area contributed by atoms with E-state index in [1.165, 1.54) is 28.6 Å². The lowest BCUT2D eigenvalue weighted by atomic mass is 10.2. The van der Waals surface area contributed by atoms with Crippen LogP contribution in [0.4, 0.5) is 5.69 Å². The molecule has 1 amide bonds. The van der Waals surface area contributed by atoms with Gasteiger partial charge < -0.3 is 10.1 Å². The average molecular weight is 435 g/mol. The lowest BCUT2D eigenvalue weighted by Crippen LogP contribution is -2.27. The van der Waals surface area contributed by atoms with Crippen molar-refractivity contribution in [2.45, 2.75) is 22.6 Å². The average Bonchev–Trinajstić information content (AvgIpc) is 3.28. The van der Waals surface area contributed by atoms with Gasteiger partial charge in [0.25, 0.3) is 5.91 Å². The molecule has 0 aliphatic carbocycles. The summed E-state index contributed by atoms with van der Waals surface area (Å²) in [4.78, 5) is 25.3. The number of nitrogens with one attached hydrogen (secondary N) is 1. The van der Waals surface area contributed by atoms with Crippen molar-refractivity contribution in [1.82, 2.24) is 4.31 Å². The summed E-state index contributed by atoms with van der Waals surface area (Å²) in [5, 5.41) is 2.67. The topological polar surface area (TPSA) is 92.8 Å². The minimum atomic E-state index is -3.53. The number of rotatable bonds is 7. The van der Waals surface area contributed by atoms with Crippen LogP contribution in [-0.4, -0.2) is 50.6 Å². The number of sulfonamides is 1. The molecule has 9 heteroatoms. The molecule has 0 bridgehead atoms. The number of carbonyl (C=O) groups excluding carboxylic acids is 2. The van der Waals surface area contributed by atoms with Gasteiger partial charge in [-0.25, -0.2) is 13.2 Å². The standard InChI is InChI=1S/C20H22N2O5S2/c1-28-17-6-4-5-16(13-17)21-19(23)14-27-20(24)15-7-9-18(10-8-15)29(25,26)22-11-2-3-12-22/h4-10,13H,2-3,11-12,14H2,1H3,(H,21,23). The summed E-state index contributed by atoms with van der Waals surface area (Å²) in [5.74, 6) is -1.15. The zero-order valence-electron chi connectivity index (χ0n) is 16.0. The molecular weight excluding hydrogens is 412 g/mol. The van der Waals surface area contributed by atoms with Gasteiger partial charge in [0.2, 0.25) is 10.0 Å². The third kappa shape index (κ3) is 5.37. The third-order valence-corrected chi connectivity index (χ3v) is 7.12. The number of ether oxygens (including phenoxy) is 1. The van der Waals surface area contributed by atoms with Crippen molar-refractivity contribution in [1.29, 1.82) is 0 Å². The third-order valence-electron chi connectivity index (χ3n) is 4.48. The molecule has 2 aromatic carbocycles. The molecule has 2 aromatic rings. The van der Waals surface area contributed by atoms with Gasteiger partial charge in [0, 0.05) is 23.7 Å². The number of hydrogen-bond donors (Lipinski definition) is 1. The Balaban J connectivity index is 1.56. The second kappa shape index (κ2) is 9.43. The van der Waals surface area contributed by atoms with Crippen LogP contribution >= 0.6 is 11.8 Å². The van der Waals surface area contributed by atoms with Crippen LogP contribution in [0.1, 0.15) is 23.2 Å². The fourth-order valence-electron chi connectivity index (χ4n) is 2.95. The van der Waals surface area contributed by atoms with E-state index in [2.05, 4.69) is 5.32 Å². The number of nitrogens with zero attached hydrogens (tertiary/aromatic N) is 1. The second-order valence-electron chi connectivity index (χ2n) is 6.49. The highest BCUT2D eigenvalue weighted by Crippen LogP contribution is 2.21. The molecule has 3 rings (SSSR count). The predicted octanol–water partition coefficient (Wildman–Crippen LogP) is 2.99. The van der Waals surface area contributed by atoms with E-state index in [9.17, 15) is 18.0 Å². The van der Waals surface area contributed by atoms with Crippen LogP contribution in [0.15, 0.2) is 58.3 Å². The molecule has 0 unspecified atom stereocenters. The zero-order valence-corrected chi connectivity index (χ0v) is 17.6. The Morgan fingerprint density at radius 1 is 1.10 bits per heavy atom. The maximum absolute atomic E-state index is 12.5. The summed E-state index contributed by atoms with van der Waals surface area (Å²) in [6, 6.07) is 12.9. The van der Waals surface area contributed by atoms with Crippen molar-refractivity contribution < 1.29 is 22.7 Å². The van der Waals surface area contributed by atoms with Crippen LogP contribution in [0, 0.1) is 0 Å². The molecule has 0 aromatic heterocycles. The Labute approximate surface area is 174 Å². The molecular formula is C20H22N2O5S2. The molecule has 7 nitrogen and oxygen atoms in total. The summed E-state index contributed by atoms with van der Waals surface area (Å²) < 4.78 is 31.5. The number of benzene rings is 2. The van der Waals surface area contributed by atoms with Gasteiger partial charge in [-0.2, -0.15) is 4.31 Å². The fraction of sp³-hybridized carbons (Fsp3) is 0.300. The molecule has 1 aliphatic heterocycles. The first-order valence-electron chi connectivity index (χ1n) is 9.11. The summed E-state index contributed by atoms with van der Waals surface area (Å²) in [7, 11) is -3.53. The van der Waals surface area contributed by atoms with Crippen LogP contribution in [-0.2, 0) is 19.6 Å². The predicted molar refractivity (Wildman–Crippen MR) is 112 cm³/mol. The van der Waals surface area contributed by atoms with Crippen molar-refractivity contribution in [2.24, 2.45) is 0 Å². The summed E-state index contributed by atoms with van der Waals surface area (Å²) in [6.45, 7) is 0.596. The highest BCUT2D eigenvalue weighted by atomic mass is 32.2. The first-order valence-corrected chi connectivity index (χ1v) is 11.8. The number of thioether (sulfide) groups is 1.